The number of anilines is 1. The molecule has 2 saturated heterocycles. The molecule has 2 aromatic carbocycles. The maximum absolute atomic E-state index is 10.1. The lowest BCUT2D eigenvalue weighted by atomic mass is 9.98. The van der Waals surface area contributed by atoms with E-state index < -0.39 is 0 Å². The molecule has 0 aliphatic carbocycles. The van der Waals surface area contributed by atoms with Crippen LogP contribution in [0.25, 0.3) is 33.4 Å². The van der Waals surface area contributed by atoms with Gasteiger partial charge >= 0.3 is 0 Å². The minimum absolute atomic E-state index is 0.704. The number of morpholine rings is 2. The molecule has 0 unspecified atom stereocenters. The summed E-state index contributed by atoms with van der Waals surface area (Å²) in [4.78, 5) is 10.6. The molecule has 8 heteroatoms. The topological polar surface area (TPSA) is 66.5 Å². The third-order valence-corrected chi connectivity index (χ3v) is 9.16. The Morgan fingerprint density at radius 1 is 0.977 bits per heavy atom. The fourth-order valence-corrected chi connectivity index (χ4v) is 6.62. The summed E-state index contributed by atoms with van der Waals surface area (Å²) in [7, 11) is 0. The minimum atomic E-state index is 0.704. The number of fused-ring (bicyclic) bond motifs is 1. The standard InChI is InChI=1S/C36H37N5O2S/c1-3-5-6-32(4-2)44-41-35(27-9-11-31(12-10-27)40-17-21-43-22-18-40)24-34-33(13-14-38-36(34)41)28-7-8-29(30(23-28)25-37)26-39-15-19-42-20-16-39/h3-14,23-24H,2,15-22,26H2,1H3/b5-3-,32-6+. The average Bonchev–Trinajstić information content (AvgIpc) is 3.46. The van der Waals surface area contributed by atoms with E-state index in [9.17, 15) is 5.26 Å². The molecule has 6 rings (SSSR count). The Labute approximate surface area is 263 Å². The minimum Gasteiger partial charge on any atom is -0.379 e. The highest BCUT2D eigenvalue weighted by Crippen LogP contribution is 2.39. The van der Waals surface area contributed by atoms with E-state index in [0.29, 0.717) is 5.56 Å². The number of aromatic nitrogens is 2. The fraction of sp³-hybridized carbons (Fsp3) is 0.278. The van der Waals surface area contributed by atoms with Gasteiger partial charge < -0.3 is 14.4 Å². The lowest BCUT2D eigenvalue weighted by molar-refractivity contribution is 0.0341. The van der Waals surface area contributed by atoms with Crippen molar-refractivity contribution < 1.29 is 9.47 Å². The lowest BCUT2D eigenvalue weighted by Gasteiger charge is -2.28. The van der Waals surface area contributed by atoms with Gasteiger partial charge in [-0.3, -0.25) is 8.87 Å². The highest BCUT2D eigenvalue weighted by Gasteiger charge is 2.19. The number of ether oxygens (including phenoxy) is 2. The van der Waals surface area contributed by atoms with Crippen LogP contribution in [0.3, 0.4) is 0 Å². The molecule has 2 aromatic heterocycles. The van der Waals surface area contributed by atoms with Crippen LogP contribution in [0.5, 0.6) is 0 Å². The van der Waals surface area contributed by atoms with E-state index in [1.165, 1.54) is 5.69 Å². The van der Waals surface area contributed by atoms with Gasteiger partial charge in [0, 0.05) is 54.9 Å². The van der Waals surface area contributed by atoms with Gasteiger partial charge in [-0.2, -0.15) is 5.26 Å². The smallest absolute Gasteiger partial charge is 0.151 e. The number of benzene rings is 2. The van der Waals surface area contributed by atoms with Gasteiger partial charge in [0.25, 0.3) is 0 Å². The van der Waals surface area contributed by atoms with E-state index in [1.807, 2.05) is 43.5 Å². The molecule has 7 nitrogen and oxygen atoms in total. The summed E-state index contributed by atoms with van der Waals surface area (Å²) >= 11 is 1.60. The van der Waals surface area contributed by atoms with E-state index in [-0.39, 0.29) is 0 Å². The summed E-state index contributed by atoms with van der Waals surface area (Å²) in [6.45, 7) is 13.4. The molecule has 0 spiro atoms. The van der Waals surface area contributed by atoms with Gasteiger partial charge in [0.2, 0.25) is 0 Å². The van der Waals surface area contributed by atoms with E-state index >= 15 is 0 Å². The predicted octanol–water partition coefficient (Wildman–Crippen LogP) is 7.05. The maximum atomic E-state index is 10.1. The van der Waals surface area contributed by atoms with Gasteiger partial charge in [-0.05, 0) is 77.5 Å². The molecule has 0 bridgehead atoms. The van der Waals surface area contributed by atoms with Crippen molar-refractivity contribution in [3.05, 3.63) is 108 Å². The van der Waals surface area contributed by atoms with Crippen LogP contribution in [0, 0.1) is 11.3 Å². The second kappa shape index (κ2) is 14.1. The van der Waals surface area contributed by atoms with Gasteiger partial charge in [0.05, 0.1) is 43.8 Å². The van der Waals surface area contributed by atoms with Gasteiger partial charge in [-0.15, -0.1) is 0 Å². The van der Waals surface area contributed by atoms with Gasteiger partial charge in [-0.25, -0.2) is 4.98 Å². The van der Waals surface area contributed by atoms with Crippen molar-refractivity contribution in [3.8, 4) is 28.5 Å². The molecule has 2 aliphatic rings. The molecule has 2 aliphatic heterocycles. The third kappa shape index (κ3) is 6.52. The maximum Gasteiger partial charge on any atom is 0.151 e. The second-order valence-electron chi connectivity index (χ2n) is 10.8. The van der Waals surface area contributed by atoms with Crippen LogP contribution in [0.2, 0.25) is 0 Å². The van der Waals surface area contributed by atoms with Gasteiger partial charge in [0.15, 0.2) is 5.65 Å². The van der Waals surface area contributed by atoms with Crippen molar-refractivity contribution in [3.63, 3.8) is 0 Å². The van der Waals surface area contributed by atoms with Crippen molar-refractivity contribution in [1.29, 1.82) is 5.26 Å². The number of nitriles is 1. The average molecular weight is 604 g/mol. The number of pyridine rings is 1. The van der Waals surface area contributed by atoms with Crippen molar-refractivity contribution in [1.82, 2.24) is 13.9 Å². The summed E-state index contributed by atoms with van der Waals surface area (Å²) in [5, 5.41) is 11.1. The predicted molar refractivity (Wildman–Crippen MR) is 181 cm³/mol. The Hall–Kier alpha value is -4.13. The Kier molecular flexibility index (Phi) is 9.59. The van der Waals surface area contributed by atoms with Crippen LogP contribution >= 0.6 is 11.9 Å². The Bertz CT molecular complexity index is 1720. The van der Waals surface area contributed by atoms with E-state index in [2.05, 4.69) is 75.0 Å². The zero-order valence-electron chi connectivity index (χ0n) is 25.1. The Morgan fingerprint density at radius 3 is 2.41 bits per heavy atom. The summed E-state index contributed by atoms with van der Waals surface area (Å²) in [6.07, 6.45) is 9.82. The zero-order chi connectivity index (χ0) is 30.3. The van der Waals surface area contributed by atoms with E-state index in [4.69, 9.17) is 14.5 Å². The van der Waals surface area contributed by atoms with Gasteiger partial charge in [-0.1, -0.05) is 49.1 Å². The molecule has 0 saturated carbocycles. The normalized spacial score (nSPS) is 16.5. The summed E-state index contributed by atoms with van der Waals surface area (Å²) in [5.74, 6) is 0. The van der Waals surface area contributed by atoms with Crippen molar-refractivity contribution in [2.45, 2.75) is 13.5 Å². The summed E-state index contributed by atoms with van der Waals surface area (Å²) in [6, 6.07) is 21.7. The molecule has 0 atom stereocenters. The van der Waals surface area contributed by atoms with Crippen LogP contribution in [0.15, 0.2) is 96.6 Å². The molecule has 0 radical (unpaired) electrons. The molecule has 2 fully saturated rings. The largest absolute Gasteiger partial charge is 0.379 e. The number of rotatable bonds is 9. The monoisotopic (exact) mass is 603 g/mol. The highest BCUT2D eigenvalue weighted by atomic mass is 32.2. The van der Waals surface area contributed by atoms with Crippen LogP contribution in [-0.2, 0) is 16.0 Å². The first-order valence-corrected chi connectivity index (χ1v) is 15.9. The molecule has 224 valence electrons. The number of hydrogen-bond acceptors (Lipinski definition) is 7. The molecule has 0 amide bonds. The first-order chi connectivity index (χ1) is 21.7. The van der Waals surface area contributed by atoms with Crippen molar-refractivity contribution in [2.75, 3.05) is 57.5 Å². The first kappa shape index (κ1) is 29.9. The third-order valence-electron chi connectivity index (χ3n) is 8.09. The number of allylic oxidation sites excluding steroid dienone is 4. The Morgan fingerprint density at radius 2 is 1.70 bits per heavy atom. The zero-order valence-corrected chi connectivity index (χ0v) is 25.9. The quantitative estimate of drug-likeness (QED) is 0.190. The summed E-state index contributed by atoms with van der Waals surface area (Å²) in [5.41, 5.74) is 8.02. The lowest BCUT2D eigenvalue weighted by Crippen LogP contribution is -2.36. The molecule has 4 heterocycles. The molecule has 0 N–H and O–H groups in total. The van der Waals surface area contributed by atoms with Crippen LogP contribution in [-0.4, -0.2) is 66.5 Å². The first-order valence-electron chi connectivity index (χ1n) is 15.1. The van der Waals surface area contributed by atoms with E-state index in [1.54, 1.807) is 11.9 Å². The molecular formula is C36H37N5O2S. The molecule has 44 heavy (non-hydrogen) atoms. The van der Waals surface area contributed by atoms with Crippen LogP contribution in [0.4, 0.5) is 5.69 Å². The fourth-order valence-electron chi connectivity index (χ4n) is 5.70. The SMILES string of the molecule is C=C/C(=C\C=C/C)Sn1c(-c2ccc(N3CCOCC3)cc2)cc2c(-c3ccc(CN4CCOCC4)c(C#N)c3)ccnc21. The molecular weight excluding hydrogens is 566 g/mol. The number of nitrogens with zero attached hydrogens (tertiary/aromatic N) is 5. The van der Waals surface area contributed by atoms with Crippen LogP contribution < -0.4 is 4.90 Å². The van der Waals surface area contributed by atoms with E-state index in [0.717, 1.165) is 103 Å². The van der Waals surface area contributed by atoms with Crippen molar-refractivity contribution >= 4 is 28.7 Å². The highest BCUT2D eigenvalue weighted by molar-refractivity contribution is 8.02. The van der Waals surface area contributed by atoms with Crippen LogP contribution in [0.1, 0.15) is 18.1 Å². The van der Waals surface area contributed by atoms with Crippen molar-refractivity contribution in [2.24, 2.45) is 0 Å². The summed E-state index contributed by atoms with van der Waals surface area (Å²) < 4.78 is 13.2. The van der Waals surface area contributed by atoms with Gasteiger partial charge in [0.1, 0.15) is 0 Å². The Balaban J connectivity index is 1.42. The molecule has 4 aromatic rings. The number of hydrogen-bond donors (Lipinski definition) is 0. The second-order valence-corrected chi connectivity index (χ2v) is 11.8.